The molecule has 1 fully saturated rings. The van der Waals surface area contributed by atoms with Crippen LogP contribution in [0.3, 0.4) is 0 Å². The first-order valence-corrected chi connectivity index (χ1v) is 9.95. The van der Waals surface area contributed by atoms with Gasteiger partial charge in [0.2, 0.25) is 0 Å². The molecule has 0 amide bonds. The van der Waals surface area contributed by atoms with E-state index < -0.39 is 42.3 Å². The maximum absolute atomic E-state index is 14.2. The lowest BCUT2D eigenvalue weighted by molar-refractivity contribution is -0.165. The lowest BCUT2D eigenvalue weighted by Gasteiger charge is -2.23. The molecule has 4 atom stereocenters. The van der Waals surface area contributed by atoms with Crippen molar-refractivity contribution >= 4 is 34.6 Å². The van der Waals surface area contributed by atoms with Gasteiger partial charge < -0.3 is 19.5 Å². The molecular weight excluding hydrogens is 433 g/mol. The van der Waals surface area contributed by atoms with Gasteiger partial charge in [0.1, 0.15) is 12.1 Å². The molecular formula is C22H20FN5O5. The standard InChI is InChI=1S/C22H20FN5O5/c1-5-16-18(31-12(3)29)19(32-13(4)30)22(33-16)28-10-26-17-20(24-9-25-21(17)28)27-15-8-11(2)6-7-14(15)23/h1,6-10,16,18-19,22H,2-4H3,(H,24,25,27). The van der Waals surface area contributed by atoms with Crippen LogP contribution in [0.2, 0.25) is 0 Å². The quantitative estimate of drug-likeness (QED) is 0.459. The molecule has 3 heterocycles. The maximum Gasteiger partial charge on any atom is 0.303 e. The summed E-state index contributed by atoms with van der Waals surface area (Å²) in [6.45, 7) is 4.27. The fourth-order valence-corrected chi connectivity index (χ4v) is 3.63. The molecule has 1 N–H and O–H groups in total. The minimum atomic E-state index is -1.05. The first kappa shape index (κ1) is 22.2. The Labute approximate surface area is 188 Å². The van der Waals surface area contributed by atoms with Gasteiger partial charge in [-0.2, -0.15) is 0 Å². The van der Waals surface area contributed by atoms with Crippen molar-refractivity contribution in [1.82, 2.24) is 19.5 Å². The smallest absolute Gasteiger partial charge is 0.303 e. The molecule has 0 aliphatic carbocycles. The van der Waals surface area contributed by atoms with E-state index in [2.05, 4.69) is 26.2 Å². The Kier molecular flexibility index (Phi) is 5.93. The molecule has 1 saturated heterocycles. The number of imidazole rings is 1. The summed E-state index contributed by atoms with van der Waals surface area (Å²) in [7, 11) is 0. The number of nitrogens with zero attached hydrogens (tertiary/aromatic N) is 4. The van der Waals surface area contributed by atoms with E-state index in [1.54, 1.807) is 12.1 Å². The van der Waals surface area contributed by atoms with E-state index in [4.69, 9.17) is 20.6 Å². The summed E-state index contributed by atoms with van der Waals surface area (Å²) in [4.78, 5) is 36.1. The van der Waals surface area contributed by atoms with Gasteiger partial charge in [0.05, 0.1) is 12.0 Å². The molecule has 1 aliphatic heterocycles. The normalized spacial score (nSPS) is 22.0. The minimum absolute atomic E-state index is 0.224. The first-order valence-electron chi connectivity index (χ1n) is 9.95. The van der Waals surface area contributed by atoms with Gasteiger partial charge in [-0.15, -0.1) is 6.42 Å². The number of nitrogens with one attached hydrogen (secondary N) is 1. The fraction of sp³-hybridized carbons (Fsp3) is 0.318. The molecule has 0 saturated carbocycles. The number of benzene rings is 1. The van der Waals surface area contributed by atoms with Crippen LogP contribution < -0.4 is 5.32 Å². The number of aromatic nitrogens is 4. The number of carbonyl (C=O) groups excluding carboxylic acids is 2. The van der Waals surface area contributed by atoms with Crippen LogP contribution in [0, 0.1) is 25.1 Å². The summed E-state index contributed by atoms with van der Waals surface area (Å²) >= 11 is 0. The molecule has 33 heavy (non-hydrogen) atoms. The predicted octanol–water partition coefficient (Wildman–Crippen LogP) is 2.41. The number of rotatable bonds is 5. The Morgan fingerprint density at radius 3 is 2.61 bits per heavy atom. The van der Waals surface area contributed by atoms with E-state index in [1.807, 2.05) is 6.92 Å². The number of carbonyl (C=O) groups is 2. The van der Waals surface area contributed by atoms with E-state index in [-0.39, 0.29) is 11.5 Å². The van der Waals surface area contributed by atoms with Crippen molar-refractivity contribution in [3.63, 3.8) is 0 Å². The Balaban J connectivity index is 1.74. The zero-order valence-corrected chi connectivity index (χ0v) is 18.0. The van der Waals surface area contributed by atoms with Crippen molar-refractivity contribution in [3.05, 3.63) is 42.2 Å². The molecule has 4 rings (SSSR count). The lowest BCUT2D eigenvalue weighted by atomic mass is 10.1. The van der Waals surface area contributed by atoms with Crippen LogP contribution in [0.25, 0.3) is 11.2 Å². The number of hydrogen-bond donors (Lipinski definition) is 1. The summed E-state index contributed by atoms with van der Waals surface area (Å²) < 4.78 is 32.3. The Bertz CT molecular complexity index is 1270. The molecule has 1 aromatic carbocycles. The number of esters is 2. The lowest BCUT2D eigenvalue weighted by Crippen LogP contribution is -2.38. The molecule has 0 spiro atoms. The number of ether oxygens (including phenoxy) is 3. The van der Waals surface area contributed by atoms with E-state index in [0.717, 1.165) is 5.56 Å². The number of halogens is 1. The van der Waals surface area contributed by atoms with E-state index >= 15 is 0 Å². The summed E-state index contributed by atoms with van der Waals surface area (Å²) in [6.07, 6.45) is 4.20. The van der Waals surface area contributed by atoms with Crippen molar-refractivity contribution in [2.75, 3.05) is 5.32 Å². The molecule has 0 radical (unpaired) electrons. The van der Waals surface area contributed by atoms with Crippen molar-refractivity contribution in [3.8, 4) is 12.3 Å². The van der Waals surface area contributed by atoms with Gasteiger partial charge in [-0.05, 0) is 24.6 Å². The second-order valence-electron chi connectivity index (χ2n) is 7.42. The van der Waals surface area contributed by atoms with Crippen molar-refractivity contribution in [2.45, 2.75) is 45.3 Å². The Morgan fingerprint density at radius 2 is 1.91 bits per heavy atom. The van der Waals surface area contributed by atoms with Gasteiger partial charge in [-0.1, -0.05) is 12.0 Å². The van der Waals surface area contributed by atoms with Gasteiger partial charge in [-0.25, -0.2) is 19.3 Å². The average Bonchev–Trinajstić information content (AvgIpc) is 3.32. The van der Waals surface area contributed by atoms with Gasteiger partial charge >= 0.3 is 11.9 Å². The summed E-state index contributed by atoms with van der Waals surface area (Å²) in [6, 6.07) is 4.64. The van der Waals surface area contributed by atoms with E-state index in [1.165, 1.54) is 37.1 Å². The molecule has 11 heteroatoms. The molecule has 2 aromatic heterocycles. The van der Waals surface area contributed by atoms with E-state index in [0.29, 0.717) is 11.2 Å². The van der Waals surface area contributed by atoms with Crippen molar-refractivity contribution in [2.24, 2.45) is 0 Å². The molecule has 0 bridgehead atoms. The van der Waals surface area contributed by atoms with Crippen LogP contribution in [0.4, 0.5) is 15.9 Å². The highest BCUT2D eigenvalue weighted by Crippen LogP contribution is 2.36. The van der Waals surface area contributed by atoms with Crippen molar-refractivity contribution in [1.29, 1.82) is 0 Å². The largest absolute Gasteiger partial charge is 0.455 e. The monoisotopic (exact) mass is 453 g/mol. The molecule has 1 aliphatic rings. The van der Waals surface area contributed by atoms with Crippen LogP contribution in [0.15, 0.2) is 30.9 Å². The van der Waals surface area contributed by atoms with Crippen LogP contribution in [-0.2, 0) is 23.8 Å². The SMILES string of the molecule is C#CC1OC(n2cnc3c(Nc4cc(C)ccc4F)ncnc32)C(OC(C)=O)C1OC(C)=O. The molecule has 10 nitrogen and oxygen atoms in total. The molecule has 170 valence electrons. The third-order valence-corrected chi connectivity index (χ3v) is 4.97. The summed E-state index contributed by atoms with van der Waals surface area (Å²) in [5.74, 6) is 0.993. The zero-order valence-electron chi connectivity index (χ0n) is 18.0. The average molecular weight is 453 g/mol. The van der Waals surface area contributed by atoms with Crippen molar-refractivity contribution < 1.29 is 28.2 Å². The van der Waals surface area contributed by atoms with E-state index in [9.17, 15) is 14.0 Å². The number of hydrogen-bond acceptors (Lipinski definition) is 9. The highest BCUT2D eigenvalue weighted by molar-refractivity contribution is 5.85. The Hall–Kier alpha value is -4.04. The number of fused-ring (bicyclic) bond motifs is 1. The molecule has 4 unspecified atom stereocenters. The minimum Gasteiger partial charge on any atom is -0.455 e. The second kappa shape index (κ2) is 8.84. The number of terminal acetylenes is 1. The topological polar surface area (TPSA) is 117 Å². The third kappa shape index (κ3) is 4.33. The maximum atomic E-state index is 14.2. The van der Waals surface area contributed by atoms with Crippen LogP contribution in [0.5, 0.6) is 0 Å². The summed E-state index contributed by atoms with van der Waals surface area (Å²) in [5.41, 5.74) is 1.70. The molecule has 3 aromatic rings. The second-order valence-corrected chi connectivity index (χ2v) is 7.42. The summed E-state index contributed by atoms with van der Waals surface area (Å²) in [5, 5.41) is 2.93. The van der Waals surface area contributed by atoms with Gasteiger partial charge in [0.15, 0.2) is 41.5 Å². The number of anilines is 2. The third-order valence-electron chi connectivity index (χ3n) is 4.97. The highest BCUT2D eigenvalue weighted by Gasteiger charge is 2.50. The predicted molar refractivity (Wildman–Crippen MR) is 114 cm³/mol. The van der Waals surface area contributed by atoms with Crippen LogP contribution in [0.1, 0.15) is 25.6 Å². The first-order chi connectivity index (χ1) is 15.8. The van der Waals surface area contributed by atoms with Gasteiger partial charge in [-0.3, -0.25) is 14.2 Å². The fourth-order valence-electron chi connectivity index (χ4n) is 3.63. The number of aryl methyl sites for hydroxylation is 1. The van der Waals surface area contributed by atoms with Crippen LogP contribution >= 0.6 is 0 Å². The Morgan fingerprint density at radius 1 is 1.18 bits per heavy atom. The van der Waals surface area contributed by atoms with Crippen LogP contribution in [-0.4, -0.2) is 49.8 Å². The highest BCUT2D eigenvalue weighted by atomic mass is 19.1. The van der Waals surface area contributed by atoms with Gasteiger partial charge in [0, 0.05) is 13.8 Å². The van der Waals surface area contributed by atoms with Gasteiger partial charge in [0.25, 0.3) is 0 Å². The zero-order chi connectivity index (χ0) is 23.7.